The Morgan fingerprint density at radius 2 is 1.68 bits per heavy atom. The molecule has 2 fully saturated rings. The highest BCUT2D eigenvalue weighted by Gasteiger charge is 2.33. The summed E-state index contributed by atoms with van der Waals surface area (Å²) >= 11 is 0. The number of ether oxygens (including phenoxy) is 1. The molecular weight excluding hydrogens is 354 g/mol. The van der Waals surface area contributed by atoms with Gasteiger partial charge in [-0.15, -0.1) is 0 Å². The molecule has 2 aromatic carbocycles. The number of benzene rings is 2. The summed E-state index contributed by atoms with van der Waals surface area (Å²) in [5.74, 6) is -0.303. The van der Waals surface area contributed by atoms with Crippen LogP contribution in [0.3, 0.4) is 0 Å². The highest BCUT2D eigenvalue weighted by atomic mass is 16.5. The fourth-order valence-electron chi connectivity index (χ4n) is 3.36. The first kappa shape index (κ1) is 18.3. The fraction of sp³-hybridized carbons (Fsp3) is 0.273. The summed E-state index contributed by atoms with van der Waals surface area (Å²) in [7, 11) is 0. The third-order valence-corrected chi connectivity index (χ3v) is 5.00. The van der Waals surface area contributed by atoms with Gasteiger partial charge in [-0.25, -0.2) is 4.79 Å². The number of amides is 3. The van der Waals surface area contributed by atoms with Crippen molar-refractivity contribution in [2.45, 2.75) is 13.5 Å². The van der Waals surface area contributed by atoms with Crippen molar-refractivity contribution >= 4 is 23.7 Å². The molecule has 3 amide bonds. The summed E-state index contributed by atoms with van der Waals surface area (Å²) in [6.07, 6.45) is 1.72. The molecular formula is C22H23N3O3. The van der Waals surface area contributed by atoms with Crippen molar-refractivity contribution in [1.82, 2.24) is 10.2 Å². The van der Waals surface area contributed by atoms with Crippen LogP contribution in [0.2, 0.25) is 0 Å². The Bertz CT molecular complexity index is 898. The number of carbonyl (C=O) groups excluding carboxylic acids is 2. The van der Waals surface area contributed by atoms with E-state index in [0.717, 1.165) is 48.7 Å². The second-order valence-electron chi connectivity index (χ2n) is 7.06. The van der Waals surface area contributed by atoms with Crippen LogP contribution in [-0.4, -0.2) is 43.1 Å². The highest BCUT2D eigenvalue weighted by Crippen LogP contribution is 2.20. The van der Waals surface area contributed by atoms with Crippen LogP contribution in [0.4, 0.5) is 10.5 Å². The molecule has 2 aromatic rings. The zero-order chi connectivity index (χ0) is 19.5. The number of carbonyl (C=O) groups is 2. The van der Waals surface area contributed by atoms with E-state index in [0.29, 0.717) is 5.70 Å². The van der Waals surface area contributed by atoms with Crippen LogP contribution in [0.5, 0.6) is 0 Å². The summed E-state index contributed by atoms with van der Waals surface area (Å²) in [5.41, 5.74) is 4.37. The van der Waals surface area contributed by atoms with E-state index in [2.05, 4.69) is 10.2 Å². The number of rotatable bonds is 4. The summed E-state index contributed by atoms with van der Waals surface area (Å²) in [6.45, 7) is 5.50. The third-order valence-electron chi connectivity index (χ3n) is 5.00. The van der Waals surface area contributed by atoms with Crippen LogP contribution in [-0.2, 0) is 16.1 Å². The van der Waals surface area contributed by atoms with Crippen LogP contribution in [0.15, 0.2) is 54.2 Å². The summed E-state index contributed by atoms with van der Waals surface area (Å²) < 4.78 is 5.38. The summed E-state index contributed by atoms with van der Waals surface area (Å²) in [4.78, 5) is 28.4. The lowest BCUT2D eigenvalue weighted by Gasteiger charge is -2.28. The van der Waals surface area contributed by atoms with Gasteiger partial charge in [-0.3, -0.25) is 9.69 Å². The van der Waals surface area contributed by atoms with E-state index in [9.17, 15) is 9.59 Å². The molecule has 6 heteroatoms. The second-order valence-corrected chi connectivity index (χ2v) is 7.06. The minimum Gasteiger partial charge on any atom is -0.378 e. The maximum atomic E-state index is 12.7. The van der Waals surface area contributed by atoms with Gasteiger partial charge in [0.05, 0.1) is 19.8 Å². The fourth-order valence-corrected chi connectivity index (χ4v) is 3.36. The second kappa shape index (κ2) is 7.86. The molecule has 0 radical (unpaired) electrons. The minimum atomic E-state index is -0.387. The topological polar surface area (TPSA) is 61.9 Å². The van der Waals surface area contributed by atoms with Gasteiger partial charge in [-0.1, -0.05) is 42.0 Å². The smallest absolute Gasteiger partial charge is 0.329 e. The number of anilines is 1. The van der Waals surface area contributed by atoms with Crippen LogP contribution in [0.1, 0.15) is 16.7 Å². The Morgan fingerprint density at radius 3 is 2.36 bits per heavy atom. The minimum absolute atomic E-state index is 0.262. The molecule has 0 atom stereocenters. The van der Waals surface area contributed by atoms with Gasteiger partial charge in [0.15, 0.2) is 0 Å². The monoisotopic (exact) mass is 377 g/mol. The van der Waals surface area contributed by atoms with Crippen LogP contribution in [0, 0.1) is 6.92 Å². The Labute approximate surface area is 164 Å². The molecule has 1 N–H and O–H groups in total. The lowest BCUT2D eigenvalue weighted by Crippen LogP contribution is -2.36. The van der Waals surface area contributed by atoms with E-state index >= 15 is 0 Å². The normalized spacial score (nSPS) is 18.7. The van der Waals surface area contributed by atoms with E-state index in [1.54, 1.807) is 6.08 Å². The van der Waals surface area contributed by atoms with Crippen molar-refractivity contribution in [1.29, 1.82) is 0 Å². The summed E-state index contributed by atoms with van der Waals surface area (Å²) in [5, 5.41) is 2.68. The molecule has 2 saturated heterocycles. The molecule has 0 aromatic heterocycles. The predicted octanol–water partition coefficient (Wildman–Crippen LogP) is 2.92. The number of imide groups is 1. The standard InChI is InChI=1S/C22H23N3O3/c1-16-2-4-18(5-3-16)15-25-21(26)20(23-22(25)27)14-17-6-8-19(9-7-17)24-10-12-28-13-11-24/h2-9,14H,10-13,15H2,1H3,(H,23,27)/b20-14-. The average molecular weight is 377 g/mol. The van der Waals surface area contributed by atoms with Gasteiger partial charge in [0.25, 0.3) is 5.91 Å². The molecule has 144 valence electrons. The van der Waals surface area contributed by atoms with E-state index in [4.69, 9.17) is 4.74 Å². The van der Waals surface area contributed by atoms with Crippen LogP contribution >= 0.6 is 0 Å². The molecule has 4 rings (SSSR count). The molecule has 0 spiro atoms. The van der Waals surface area contributed by atoms with E-state index in [1.807, 2.05) is 55.5 Å². The number of hydrogen-bond acceptors (Lipinski definition) is 4. The SMILES string of the molecule is Cc1ccc(CN2C(=O)N/C(=C\c3ccc(N4CCOCC4)cc3)C2=O)cc1. The van der Waals surface area contributed by atoms with E-state index in [1.165, 1.54) is 4.90 Å². The first-order chi connectivity index (χ1) is 13.6. The quantitative estimate of drug-likeness (QED) is 0.657. The van der Waals surface area contributed by atoms with Gasteiger partial charge in [-0.2, -0.15) is 0 Å². The number of aryl methyl sites for hydroxylation is 1. The van der Waals surface area contributed by atoms with Gasteiger partial charge in [0.1, 0.15) is 5.70 Å². The predicted molar refractivity (Wildman–Crippen MR) is 108 cm³/mol. The van der Waals surface area contributed by atoms with Gasteiger partial charge in [0, 0.05) is 18.8 Å². The first-order valence-corrected chi connectivity index (χ1v) is 9.43. The van der Waals surface area contributed by atoms with Gasteiger partial charge in [0.2, 0.25) is 0 Å². The van der Waals surface area contributed by atoms with E-state index < -0.39 is 0 Å². The molecule has 0 aliphatic carbocycles. The van der Waals surface area contributed by atoms with Crippen molar-refractivity contribution in [2.75, 3.05) is 31.2 Å². The maximum absolute atomic E-state index is 12.7. The number of nitrogens with zero attached hydrogens (tertiary/aromatic N) is 2. The average Bonchev–Trinajstić information content (AvgIpc) is 2.98. The number of morpholine rings is 1. The third kappa shape index (κ3) is 3.92. The first-order valence-electron chi connectivity index (χ1n) is 9.43. The highest BCUT2D eigenvalue weighted by molar-refractivity contribution is 6.13. The zero-order valence-corrected chi connectivity index (χ0v) is 15.9. The maximum Gasteiger partial charge on any atom is 0.329 e. The summed E-state index contributed by atoms with van der Waals surface area (Å²) in [6, 6.07) is 15.4. The van der Waals surface area contributed by atoms with Crippen molar-refractivity contribution in [3.8, 4) is 0 Å². The molecule has 2 heterocycles. The Kier molecular flexibility index (Phi) is 5.12. The molecule has 6 nitrogen and oxygen atoms in total. The van der Waals surface area contributed by atoms with Gasteiger partial charge >= 0.3 is 6.03 Å². The lowest BCUT2D eigenvalue weighted by atomic mass is 10.1. The molecule has 0 bridgehead atoms. The zero-order valence-electron chi connectivity index (χ0n) is 15.9. The molecule has 2 aliphatic heterocycles. The van der Waals surface area contributed by atoms with Crippen molar-refractivity contribution < 1.29 is 14.3 Å². The molecule has 28 heavy (non-hydrogen) atoms. The lowest BCUT2D eigenvalue weighted by molar-refractivity contribution is -0.123. The number of nitrogens with one attached hydrogen (secondary N) is 1. The van der Waals surface area contributed by atoms with Crippen molar-refractivity contribution in [3.05, 3.63) is 70.9 Å². The largest absolute Gasteiger partial charge is 0.378 e. The Balaban J connectivity index is 1.46. The van der Waals surface area contributed by atoms with E-state index in [-0.39, 0.29) is 18.5 Å². The van der Waals surface area contributed by atoms with Crippen LogP contribution in [0.25, 0.3) is 6.08 Å². The number of hydrogen-bond donors (Lipinski definition) is 1. The van der Waals surface area contributed by atoms with Crippen molar-refractivity contribution in [3.63, 3.8) is 0 Å². The molecule has 0 unspecified atom stereocenters. The van der Waals surface area contributed by atoms with Crippen LogP contribution < -0.4 is 10.2 Å². The van der Waals surface area contributed by atoms with Gasteiger partial charge < -0.3 is 15.0 Å². The van der Waals surface area contributed by atoms with Gasteiger partial charge in [-0.05, 0) is 36.3 Å². The molecule has 0 saturated carbocycles. The number of urea groups is 1. The van der Waals surface area contributed by atoms with Crippen molar-refractivity contribution in [2.24, 2.45) is 0 Å². The molecule has 2 aliphatic rings. The Morgan fingerprint density at radius 1 is 1.00 bits per heavy atom. The Hall–Kier alpha value is -3.12.